The second kappa shape index (κ2) is 7.23. The van der Waals surface area contributed by atoms with Gasteiger partial charge in [0.2, 0.25) is 5.91 Å². The fourth-order valence-corrected chi connectivity index (χ4v) is 4.30. The molecule has 0 saturated carbocycles. The molecule has 1 atom stereocenters. The third-order valence-corrected chi connectivity index (χ3v) is 6.11. The van der Waals surface area contributed by atoms with Crippen molar-refractivity contribution < 1.29 is 13.2 Å². The lowest BCUT2D eigenvalue weighted by molar-refractivity contribution is -0.133. The molecule has 24 heavy (non-hydrogen) atoms. The number of nitrogens with zero attached hydrogens (tertiary/aromatic N) is 2. The van der Waals surface area contributed by atoms with Crippen molar-refractivity contribution in [3.63, 3.8) is 0 Å². The van der Waals surface area contributed by atoms with E-state index in [1.807, 2.05) is 4.90 Å². The van der Waals surface area contributed by atoms with E-state index in [1.165, 1.54) is 17.4 Å². The first-order chi connectivity index (χ1) is 11.4. The molecule has 0 spiro atoms. The molecule has 2 aliphatic rings. The Morgan fingerprint density at radius 3 is 2.58 bits per heavy atom. The SMILES string of the molecule is CS(=O)(=O)CCN1CCN(C(=O)C[C@@H]2CCc3ccccc32)CC1. The van der Waals surface area contributed by atoms with Crippen LogP contribution in [0.25, 0.3) is 0 Å². The van der Waals surface area contributed by atoms with Crippen LogP contribution in [0.1, 0.15) is 29.9 Å². The van der Waals surface area contributed by atoms with E-state index < -0.39 is 9.84 Å². The number of amides is 1. The van der Waals surface area contributed by atoms with Crippen LogP contribution in [0.15, 0.2) is 24.3 Å². The van der Waals surface area contributed by atoms with Gasteiger partial charge in [0, 0.05) is 45.4 Å². The highest BCUT2D eigenvalue weighted by atomic mass is 32.2. The van der Waals surface area contributed by atoms with Gasteiger partial charge >= 0.3 is 0 Å². The maximum Gasteiger partial charge on any atom is 0.223 e. The number of benzene rings is 1. The first-order valence-electron chi connectivity index (χ1n) is 8.68. The van der Waals surface area contributed by atoms with Crippen LogP contribution >= 0.6 is 0 Å². The molecular formula is C18H26N2O3S. The van der Waals surface area contributed by atoms with Gasteiger partial charge in [-0.05, 0) is 29.9 Å². The van der Waals surface area contributed by atoms with Crippen molar-refractivity contribution in [2.45, 2.75) is 25.2 Å². The van der Waals surface area contributed by atoms with E-state index >= 15 is 0 Å². The Hall–Kier alpha value is -1.40. The third kappa shape index (κ3) is 4.36. The van der Waals surface area contributed by atoms with Gasteiger partial charge in [0.25, 0.3) is 0 Å². The summed E-state index contributed by atoms with van der Waals surface area (Å²) in [5.41, 5.74) is 2.73. The molecule has 0 aromatic heterocycles. The molecule has 1 saturated heterocycles. The number of aryl methyl sites for hydroxylation is 1. The zero-order chi connectivity index (χ0) is 17.2. The van der Waals surface area contributed by atoms with Crippen molar-refractivity contribution in [3.05, 3.63) is 35.4 Å². The zero-order valence-electron chi connectivity index (χ0n) is 14.3. The highest BCUT2D eigenvalue weighted by Gasteiger charge is 2.28. The quantitative estimate of drug-likeness (QED) is 0.803. The van der Waals surface area contributed by atoms with Crippen LogP contribution in [0.3, 0.4) is 0 Å². The van der Waals surface area contributed by atoms with E-state index in [1.54, 1.807) is 0 Å². The molecule has 1 aromatic carbocycles. The summed E-state index contributed by atoms with van der Waals surface area (Å²) >= 11 is 0. The molecule has 6 heteroatoms. The Morgan fingerprint density at radius 2 is 1.88 bits per heavy atom. The minimum Gasteiger partial charge on any atom is -0.340 e. The normalized spacial score (nSPS) is 21.7. The van der Waals surface area contributed by atoms with E-state index in [-0.39, 0.29) is 11.7 Å². The lowest BCUT2D eigenvalue weighted by atomic mass is 9.97. The summed E-state index contributed by atoms with van der Waals surface area (Å²) in [4.78, 5) is 16.7. The average Bonchev–Trinajstić information content (AvgIpc) is 2.96. The van der Waals surface area contributed by atoms with E-state index in [0.717, 1.165) is 25.9 Å². The number of fused-ring (bicyclic) bond motifs is 1. The minimum absolute atomic E-state index is 0.194. The van der Waals surface area contributed by atoms with Crippen molar-refractivity contribution in [3.8, 4) is 0 Å². The van der Waals surface area contributed by atoms with Crippen LogP contribution in [0.4, 0.5) is 0 Å². The van der Waals surface area contributed by atoms with E-state index in [0.29, 0.717) is 32.0 Å². The van der Waals surface area contributed by atoms with Crippen molar-refractivity contribution >= 4 is 15.7 Å². The predicted molar refractivity (Wildman–Crippen MR) is 94.9 cm³/mol. The second-order valence-corrected chi connectivity index (χ2v) is 9.25. The molecule has 1 aliphatic carbocycles. The smallest absolute Gasteiger partial charge is 0.223 e. The Bertz CT molecular complexity index is 694. The van der Waals surface area contributed by atoms with Gasteiger partial charge in [-0.3, -0.25) is 9.69 Å². The Labute approximate surface area is 144 Å². The summed E-state index contributed by atoms with van der Waals surface area (Å²) in [7, 11) is -2.92. The number of carbonyl (C=O) groups is 1. The molecule has 1 aromatic rings. The first-order valence-corrected chi connectivity index (χ1v) is 10.7. The lowest BCUT2D eigenvalue weighted by Crippen LogP contribution is -2.49. The summed E-state index contributed by atoms with van der Waals surface area (Å²) in [6.07, 6.45) is 4.01. The standard InChI is InChI=1S/C18H26N2O3S/c1-24(22,23)13-12-19-8-10-20(11-9-19)18(21)14-16-7-6-15-4-2-3-5-17(15)16/h2-5,16H,6-14H2,1H3/t16-/m0/s1. The van der Waals surface area contributed by atoms with Crippen molar-refractivity contribution in [2.75, 3.05) is 44.7 Å². The number of rotatable bonds is 5. The van der Waals surface area contributed by atoms with E-state index in [4.69, 9.17) is 0 Å². The summed E-state index contributed by atoms with van der Waals surface area (Å²) in [5, 5.41) is 0. The average molecular weight is 350 g/mol. The van der Waals surface area contributed by atoms with Gasteiger partial charge in [0.1, 0.15) is 9.84 Å². The Morgan fingerprint density at radius 1 is 1.17 bits per heavy atom. The molecule has 1 heterocycles. The molecule has 0 N–H and O–H groups in total. The van der Waals surface area contributed by atoms with Gasteiger partial charge in [-0.25, -0.2) is 8.42 Å². The fourth-order valence-electron chi connectivity index (χ4n) is 3.71. The summed E-state index contributed by atoms with van der Waals surface area (Å²) in [6, 6.07) is 8.45. The van der Waals surface area contributed by atoms with E-state index in [9.17, 15) is 13.2 Å². The molecule has 3 rings (SSSR count). The number of carbonyl (C=O) groups excluding carboxylic acids is 1. The molecule has 5 nitrogen and oxygen atoms in total. The summed E-state index contributed by atoms with van der Waals surface area (Å²) in [6.45, 7) is 3.51. The van der Waals surface area contributed by atoms with Gasteiger partial charge < -0.3 is 4.90 Å². The van der Waals surface area contributed by atoms with Crippen LogP contribution in [0, 0.1) is 0 Å². The molecule has 1 amide bonds. The number of piperazine rings is 1. The highest BCUT2D eigenvalue weighted by molar-refractivity contribution is 7.90. The van der Waals surface area contributed by atoms with Crippen LogP contribution in [-0.4, -0.2) is 68.9 Å². The second-order valence-electron chi connectivity index (χ2n) is 6.99. The van der Waals surface area contributed by atoms with Crippen LogP contribution in [0.2, 0.25) is 0 Å². The van der Waals surface area contributed by atoms with Gasteiger partial charge in [-0.15, -0.1) is 0 Å². The fraction of sp³-hybridized carbons (Fsp3) is 0.611. The summed E-state index contributed by atoms with van der Waals surface area (Å²) in [5.74, 6) is 0.788. The molecule has 132 valence electrons. The van der Waals surface area contributed by atoms with Gasteiger partial charge in [-0.2, -0.15) is 0 Å². The molecule has 1 aliphatic heterocycles. The van der Waals surface area contributed by atoms with Gasteiger partial charge in [0.15, 0.2) is 0 Å². The maximum atomic E-state index is 12.6. The molecule has 1 fully saturated rings. The third-order valence-electron chi connectivity index (χ3n) is 5.18. The Balaban J connectivity index is 1.48. The molecular weight excluding hydrogens is 324 g/mol. The Kier molecular flexibility index (Phi) is 5.25. The largest absolute Gasteiger partial charge is 0.340 e. The van der Waals surface area contributed by atoms with Gasteiger partial charge in [-0.1, -0.05) is 24.3 Å². The zero-order valence-corrected chi connectivity index (χ0v) is 15.1. The highest BCUT2D eigenvalue weighted by Crippen LogP contribution is 2.35. The van der Waals surface area contributed by atoms with Gasteiger partial charge in [0.05, 0.1) is 5.75 Å². The van der Waals surface area contributed by atoms with Crippen LogP contribution in [-0.2, 0) is 21.1 Å². The van der Waals surface area contributed by atoms with E-state index in [2.05, 4.69) is 29.2 Å². The number of hydrogen-bond donors (Lipinski definition) is 0. The molecule has 0 radical (unpaired) electrons. The number of sulfone groups is 1. The topological polar surface area (TPSA) is 57.7 Å². The predicted octanol–water partition coefficient (Wildman–Crippen LogP) is 1.30. The van der Waals surface area contributed by atoms with Crippen molar-refractivity contribution in [1.82, 2.24) is 9.80 Å². The monoisotopic (exact) mass is 350 g/mol. The van der Waals surface area contributed by atoms with Crippen LogP contribution < -0.4 is 0 Å². The van der Waals surface area contributed by atoms with Crippen molar-refractivity contribution in [2.24, 2.45) is 0 Å². The minimum atomic E-state index is -2.92. The van der Waals surface area contributed by atoms with Crippen molar-refractivity contribution in [1.29, 1.82) is 0 Å². The lowest BCUT2D eigenvalue weighted by Gasteiger charge is -2.35. The number of hydrogen-bond acceptors (Lipinski definition) is 4. The molecule has 0 bridgehead atoms. The maximum absolute atomic E-state index is 12.6. The first kappa shape index (κ1) is 17.4. The molecule has 0 unspecified atom stereocenters. The summed E-state index contributed by atoms with van der Waals surface area (Å²) < 4.78 is 22.5. The van der Waals surface area contributed by atoms with Crippen LogP contribution in [0.5, 0.6) is 0 Å².